The molecule has 0 aromatic rings. The Labute approximate surface area is 130 Å². The molecule has 0 fully saturated rings. The van der Waals surface area contributed by atoms with Crippen LogP contribution in [0.3, 0.4) is 0 Å². The van der Waals surface area contributed by atoms with E-state index in [-0.39, 0.29) is 36.2 Å². The van der Waals surface area contributed by atoms with E-state index in [2.05, 4.69) is 0 Å². The van der Waals surface area contributed by atoms with Gasteiger partial charge in [0.1, 0.15) is 0 Å². The molecule has 0 aliphatic heterocycles. The van der Waals surface area contributed by atoms with Gasteiger partial charge in [-0.3, -0.25) is 0 Å². The summed E-state index contributed by atoms with van der Waals surface area (Å²) in [6.45, 7) is 14.7. The Hall–Kier alpha value is 1.01. The normalized spacial score (nSPS) is 10.6. The van der Waals surface area contributed by atoms with Gasteiger partial charge >= 0.3 is 36.2 Å². The molecule has 0 spiro atoms. The zero-order chi connectivity index (χ0) is 13.5. The van der Waals surface area contributed by atoms with Gasteiger partial charge in [0, 0.05) is 0 Å². The maximum atomic E-state index is 10.1. The maximum absolute atomic E-state index is 10.1. The van der Waals surface area contributed by atoms with E-state index in [4.69, 9.17) is 0 Å². The number of rotatable bonds is 0. The molecule has 0 unspecified atom stereocenters. The zero-order valence-corrected chi connectivity index (χ0v) is 13.5. The molecule has 0 atom stereocenters. The van der Waals surface area contributed by atoms with E-state index in [0.29, 0.717) is 0 Å². The van der Waals surface area contributed by atoms with Crippen LogP contribution in [-0.4, -0.2) is 53.0 Å². The van der Waals surface area contributed by atoms with E-state index in [1.54, 1.807) is 62.3 Å². The molecule has 0 saturated heterocycles. The van der Waals surface area contributed by atoms with Crippen molar-refractivity contribution in [1.82, 2.24) is 0 Å². The van der Waals surface area contributed by atoms with Gasteiger partial charge in [-0.1, -0.05) is 62.3 Å². The molecule has 0 rings (SSSR count). The van der Waals surface area contributed by atoms with E-state index >= 15 is 0 Å². The van der Waals surface area contributed by atoms with Crippen LogP contribution in [0.25, 0.3) is 0 Å². The Morgan fingerprint density at radius 2 is 0.471 bits per heavy atom. The molecule has 3 nitrogen and oxygen atoms in total. The molecule has 0 aromatic heterocycles. The standard InChI is InChI=1S/3C4H9O.Al.Li.H/c3*1-4(2,3)5;;;/h3*1-3H3;;;/q3*-1;+3;;. The molecule has 0 aliphatic carbocycles. The van der Waals surface area contributed by atoms with Crippen molar-refractivity contribution in [1.29, 1.82) is 0 Å². The third-order valence-corrected chi connectivity index (χ3v) is 0. The van der Waals surface area contributed by atoms with Crippen LogP contribution in [0.1, 0.15) is 62.3 Å². The first-order valence-electron chi connectivity index (χ1n) is 5.11. The van der Waals surface area contributed by atoms with Crippen LogP contribution in [-0.2, 0) is 0 Å². The van der Waals surface area contributed by atoms with Crippen LogP contribution in [0, 0.1) is 0 Å². The minimum atomic E-state index is -0.750. The van der Waals surface area contributed by atoms with Crippen molar-refractivity contribution in [2.45, 2.75) is 79.1 Å². The average molecular weight is 254 g/mol. The molecule has 0 bridgehead atoms. The van der Waals surface area contributed by atoms with Crippen LogP contribution in [0.5, 0.6) is 0 Å². The summed E-state index contributed by atoms with van der Waals surface area (Å²) in [5.74, 6) is 0. The first-order valence-corrected chi connectivity index (χ1v) is 5.11. The molecular formula is C12H28AlLiO3. The topological polar surface area (TPSA) is 69.2 Å². The number of hydrogen-bond donors (Lipinski definition) is 0. The Balaban J connectivity index is -0.0000000400. The molecule has 0 N–H and O–H groups in total. The second kappa shape index (κ2) is 12.1. The summed E-state index contributed by atoms with van der Waals surface area (Å²) in [5, 5.41) is 30.3. The van der Waals surface area contributed by atoms with Gasteiger partial charge in [-0.25, -0.2) is 0 Å². The van der Waals surface area contributed by atoms with Crippen LogP contribution in [0.4, 0.5) is 0 Å². The average Bonchev–Trinajstić information content (AvgIpc) is 1.41. The fourth-order valence-electron chi connectivity index (χ4n) is 0. The summed E-state index contributed by atoms with van der Waals surface area (Å²) < 4.78 is 0. The van der Waals surface area contributed by atoms with Crippen molar-refractivity contribution < 1.29 is 15.3 Å². The summed E-state index contributed by atoms with van der Waals surface area (Å²) in [6.07, 6.45) is 0. The van der Waals surface area contributed by atoms with Gasteiger partial charge < -0.3 is 15.3 Å². The summed E-state index contributed by atoms with van der Waals surface area (Å²) in [4.78, 5) is 0. The minimum absolute atomic E-state index is 0. The predicted octanol–water partition coefficient (Wildman–Crippen LogP) is -0.594. The van der Waals surface area contributed by atoms with Crippen LogP contribution in [0.2, 0.25) is 0 Å². The Morgan fingerprint density at radius 3 is 0.471 bits per heavy atom. The number of hydrogen-bond acceptors (Lipinski definition) is 3. The van der Waals surface area contributed by atoms with E-state index in [1.807, 2.05) is 0 Å². The van der Waals surface area contributed by atoms with Gasteiger partial charge in [0.15, 0.2) is 0 Å². The van der Waals surface area contributed by atoms with E-state index in [0.717, 1.165) is 0 Å². The van der Waals surface area contributed by atoms with Gasteiger partial charge in [-0.2, -0.15) is 0 Å². The second-order valence-corrected chi connectivity index (χ2v) is 6.34. The van der Waals surface area contributed by atoms with Gasteiger partial charge in [-0.15, -0.1) is 16.8 Å². The van der Waals surface area contributed by atoms with Crippen LogP contribution in [0.15, 0.2) is 0 Å². The van der Waals surface area contributed by atoms with Crippen molar-refractivity contribution in [2.75, 3.05) is 0 Å². The molecule has 0 saturated carbocycles. The van der Waals surface area contributed by atoms with Crippen molar-refractivity contribution in [3.05, 3.63) is 0 Å². The molecule has 17 heavy (non-hydrogen) atoms. The SMILES string of the molecule is CC(C)(C)[O-].CC(C)(C)[O-].CC(C)(C)[O-].[Al+3].[LiH]. The molecule has 5 heteroatoms. The molecule has 0 heterocycles. The summed E-state index contributed by atoms with van der Waals surface area (Å²) in [6, 6.07) is 0. The summed E-state index contributed by atoms with van der Waals surface area (Å²) in [5.41, 5.74) is -2.25. The second-order valence-electron chi connectivity index (χ2n) is 6.34. The van der Waals surface area contributed by atoms with Gasteiger partial charge in [0.2, 0.25) is 0 Å². The van der Waals surface area contributed by atoms with Crippen molar-refractivity contribution in [3.8, 4) is 0 Å². The van der Waals surface area contributed by atoms with E-state index in [9.17, 15) is 15.3 Å². The third-order valence-electron chi connectivity index (χ3n) is 0. The van der Waals surface area contributed by atoms with Gasteiger partial charge in [0.05, 0.1) is 0 Å². The fraction of sp³-hybridized carbons (Fsp3) is 1.00. The Morgan fingerprint density at radius 1 is 0.471 bits per heavy atom. The van der Waals surface area contributed by atoms with E-state index < -0.39 is 16.8 Å². The predicted molar refractivity (Wildman–Crippen MR) is 72.2 cm³/mol. The molecule has 0 radical (unpaired) electrons. The molecule has 0 aliphatic rings. The Bertz CT molecular complexity index is 96.8. The molecular weight excluding hydrogens is 226 g/mol. The van der Waals surface area contributed by atoms with Gasteiger partial charge in [-0.05, 0) is 0 Å². The molecule has 0 aromatic carbocycles. The molecule has 0 amide bonds. The van der Waals surface area contributed by atoms with Crippen molar-refractivity contribution in [3.63, 3.8) is 0 Å². The van der Waals surface area contributed by atoms with Crippen molar-refractivity contribution in [2.24, 2.45) is 0 Å². The zero-order valence-electron chi connectivity index (χ0n) is 12.3. The molecule has 98 valence electrons. The third kappa shape index (κ3) is 3760. The van der Waals surface area contributed by atoms with Gasteiger partial charge in [0.25, 0.3) is 0 Å². The first-order chi connectivity index (χ1) is 6.00. The van der Waals surface area contributed by atoms with Crippen LogP contribution >= 0.6 is 0 Å². The first kappa shape index (κ1) is 30.8. The van der Waals surface area contributed by atoms with Crippen molar-refractivity contribution >= 4 is 36.2 Å². The summed E-state index contributed by atoms with van der Waals surface area (Å²) >= 11 is 0. The Kier molecular flexibility index (Phi) is 21.8. The summed E-state index contributed by atoms with van der Waals surface area (Å²) in [7, 11) is 0. The fourth-order valence-corrected chi connectivity index (χ4v) is 0. The quantitative estimate of drug-likeness (QED) is 0.542. The van der Waals surface area contributed by atoms with Crippen LogP contribution < -0.4 is 15.3 Å². The monoisotopic (exact) mass is 254 g/mol. The van der Waals surface area contributed by atoms with E-state index in [1.165, 1.54) is 0 Å².